The van der Waals surface area contributed by atoms with Crippen molar-refractivity contribution in [3.63, 3.8) is 0 Å². The van der Waals surface area contributed by atoms with E-state index >= 15 is 0 Å². The van der Waals surface area contributed by atoms with Crippen LogP contribution in [0.5, 0.6) is 0 Å². The van der Waals surface area contributed by atoms with E-state index in [1.54, 1.807) is 0 Å². The van der Waals surface area contributed by atoms with Crippen LogP contribution in [0.3, 0.4) is 0 Å². The Morgan fingerprint density at radius 3 is 2.68 bits per heavy atom. The quantitative estimate of drug-likeness (QED) is 0.861. The molecule has 1 aromatic rings. The molecule has 0 radical (unpaired) electrons. The zero-order valence-electron chi connectivity index (χ0n) is 15.7. The van der Waals surface area contributed by atoms with E-state index in [1.807, 2.05) is 0 Å². The van der Waals surface area contributed by atoms with E-state index < -0.39 is 0 Å². The normalized spacial score (nSPS) is 21.8. The van der Waals surface area contributed by atoms with Crippen LogP contribution in [-0.2, 0) is 9.53 Å². The van der Waals surface area contributed by atoms with Gasteiger partial charge in [-0.3, -0.25) is 9.69 Å². The van der Waals surface area contributed by atoms with Gasteiger partial charge in [0.2, 0.25) is 5.91 Å². The first-order chi connectivity index (χ1) is 12.1. The molecule has 4 nitrogen and oxygen atoms in total. The molecule has 2 atom stereocenters. The molecule has 0 bridgehead atoms. The van der Waals surface area contributed by atoms with E-state index in [9.17, 15) is 4.79 Å². The Morgan fingerprint density at radius 2 is 2.00 bits per heavy atom. The third-order valence-corrected chi connectivity index (χ3v) is 5.90. The van der Waals surface area contributed by atoms with Crippen molar-refractivity contribution in [1.82, 2.24) is 10.2 Å². The first-order valence-electron chi connectivity index (χ1n) is 9.81. The molecule has 2 unspecified atom stereocenters. The van der Waals surface area contributed by atoms with Crippen molar-refractivity contribution >= 4 is 5.91 Å². The van der Waals surface area contributed by atoms with Crippen LogP contribution in [0.1, 0.15) is 49.8 Å². The van der Waals surface area contributed by atoms with E-state index in [0.717, 1.165) is 26.3 Å². The number of amides is 1. The molecule has 1 N–H and O–H groups in total. The number of carbonyl (C=O) groups is 1. The van der Waals surface area contributed by atoms with Crippen LogP contribution in [0.15, 0.2) is 24.3 Å². The number of morpholine rings is 1. The Kier molecular flexibility index (Phi) is 6.49. The predicted octanol–water partition coefficient (Wildman–Crippen LogP) is 3.31. The fourth-order valence-corrected chi connectivity index (χ4v) is 4.25. The van der Waals surface area contributed by atoms with Crippen molar-refractivity contribution in [3.05, 3.63) is 35.4 Å². The average Bonchev–Trinajstić information content (AvgIpc) is 3.17. The molecule has 25 heavy (non-hydrogen) atoms. The first-order valence-corrected chi connectivity index (χ1v) is 9.81. The molecule has 1 heterocycles. The lowest BCUT2D eigenvalue weighted by molar-refractivity contribution is -0.126. The van der Waals surface area contributed by atoms with Gasteiger partial charge in [0, 0.05) is 25.6 Å². The van der Waals surface area contributed by atoms with Crippen LogP contribution in [0.4, 0.5) is 0 Å². The Morgan fingerprint density at radius 1 is 1.28 bits per heavy atom. The SMILES string of the molecule is Cc1cccc(C(CNC(=O)C(C)C2CCCC2)N2CCOCC2)c1. The summed E-state index contributed by atoms with van der Waals surface area (Å²) in [6, 6.07) is 8.89. The zero-order valence-corrected chi connectivity index (χ0v) is 15.7. The van der Waals surface area contributed by atoms with Gasteiger partial charge in [-0.2, -0.15) is 0 Å². The van der Waals surface area contributed by atoms with Crippen molar-refractivity contribution in [2.75, 3.05) is 32.8 Å². The molecule has 2 fully saturated rings. The van der Waals surface area contributed by atoms with Gasteiger partial charge in [0.25, 0.3) is 0 Å². The Labute approximate surface area is 151 Å². The Bertz CT molecular complexity index is 563. The molecule has 4 heteroatoms. The third-order valence-electron chi connectivity index (χ3n) is 5.90. The molecule has 1 saturated carbocycles. The van der Waals surface area contributed by atoms with Crippen molar-refractivity contribution in [1.29, 1.82) is 0 Å². The molecule has 1 aromatic carbocycles. The summed E-state index contributed by atoms with van der Waals surface area (Å²) in [7, 11) is 0. The van der Waals surface area contributed by atoms with Crippen molar-refractivity contribution in [2.24, 2.45) is 11.8 Å². The van der Waals surface area contributed by atoms with Crippen molar-refractivity contribution in [3.8, 4) is 0 Å². The number of aryl methyl sites for hydroxylation is 1. The van der Waals surface area contributed by atoms with Crippen LogP contribution >= 0.6 is 0 Å². The molecule has 1 aliphatic carbocycles. The Balaban J connectivity index is 1.65. The van der Waals surface area contributed by atoms with Gasteiger partial charge < -0.3 is 10.1 Å². The van der Waals surface area contributed by atoms with Crippen molar-refractivity contribution in [2.45, 2.75) is 45.6 Å². The lowest BCUT2D eigenvalue weighted by atomic mass is 9.91. The molecule has 1 aliphatic heterocycles. The molecule has 0 spiro atoms. The van der Waals surface area contributed by atoms with E-state index in [1.165, 1.54) is 36.8 Å². The van der Waals surface area contributed by atoms with E-state index in [2.05, 4.69) is 48.3 Å². The number of hydrogen-bond donors (Lipinski definition) is 1. The molecule has 0 aromatic heterocycles. The monoisotopic (exact) mass is 344 g/mol. The maximum Gasteiger partial charge on any atom is 0.223 e. The Hall–Kier alpha value is -1.39. The second-order valence-corrected chi connectivity index (χ2v) is 7.66. The van der Waals surface area contributed by atoms with Gasteiger partial charge in [-0.25, -0.2) is 0 Å². The number of carbonyl (C=O) groups excluding carboxylic acids is 1. The van der Waals surface area contributed by atoms with Gasteiger partial charge >= 0.3 is 0 Å². The summed E-state index contributed by atoms with van der Waals surface area (Å²) < 4.78 is 5.51. The van der Waals surface area contributed by atoms with Crippen LogP contribution in [0.25, 0.3) is 0 Å². The number of nitrogens with one attached hydrogen (secondary N) is 1. The fraction of sp³-hybridized carbons (Fsp3) is 0.667. The van der Waals surface area contributed by atoms with Gasteiger partial charge in [-0.15, -0.1) is 0 Å². The average molecular weight is 344 g/mol. The van der Waals surface area contributed by atoms with E-state index in [0.29, 0.717) is 12.5 Å². The summed E-state index contributed by atoms with van der Waals surface area (Å²) in [6.07, 6.45) is 4.97. The molecular weight excluding hydrogens is 312 g/mol. The minimum atomic E-state index is 0.130. The molecule has 1 saturated heterocycles. The summed E-state index contributed by atoms with van der Waals surface area (Å²) in [5, 5.41) is 3.25. The standard InChI is InChI=1S/C21H32N2O2/c1-16-6-5-9-19(14-16)20(23-10-12-25-13-11-23)15-22-21(24)17(2)18-7-3-4-8-18/h5-6,9,14,17-18,20H,3-4,7-8,10-13,15H2,1-2H3,(H,22,24). The summed E-state index contributed by atoms with van der Waals surface area (Å²) in [4.78, 5) is 15.1. The lowest BCUT2D eigenvalue weighted by Crippen LogP contribution is -2.45. The predicted molar refractivity (Wildman–Crippen MR) is 100 cm³/mol. The largest absolute Gasteiger partial charge is 0.379 e. The van der Waals surface area contributed by atoms with Gasteiger partial charge in [-0.05, 0) is 31.2 Å². The van der Waals surface area contributed by atoms with Gasteiger partial charge in [0.1, 0.15) is 0 Å². The van der Waals surface area contributed by atoms with Crippen molar-refractivity contribution < 1.29 is 9.53 Å². The number of rotatable bonds is 6. The molecule has 3 rings (SSSR count). The van der Waals surface area contributed by atoms with Gasteiger partial charge in [0.15, 0.2) is 0 Å². The fourth-order valence-electron chi connectivity index (χ4n) is 4.25. The topological polar surface area (TPSA) is 41.6 Å². The molecule has 138 valence electrons. The van der Waals surface area contributed by atoms with Crippen LogP contribution in [-0.4, -0.2) is 43.7 Å². The highest BCUT2D eigenvalue weighted by Crippen LogP contribution is 2.31. The second-order valence-electron chi connectivity index (χ2n) is 7.66. The molecular formula is C21H32N2O2. The second kappa shape index (κ2) is 8.81. The summed E-state index contributed by atoms with van der Waals surface area (Å²) in [5.41, 5.74) is 2.55. The highest BCUT2D eigenvalue weighted by atomic mass is 16.5. The lowest BCUT2D eigenvalue weighted by Gasteiger charge is -2.35. The number of ether oxygens (including phenoxy) is 1. The van der Waals surface area contributed by atoms with Gasteiger partial charge in [0.05, 0.1) is 19.3 Å². The third kappa shape index (κ3) is 4.83. The van der Waals surface area contributed by atoms with E-state index in [-0.39, 0.29) is 17.9 Å². The minimum Gasteiger partial charge on any atom is -0.379 e. The van der Waals surface area contributed by atoms with Crippen LogP contribution < -0.4 is 5.32 Å². The first kappa shape index (κ1) is 18.4. The summed E-state index contributed by atoms with van der Waals surface area (Å²) >= 11 is 0. The van der Waals surface area contributed by atoms with Crippen LogP contribution in [0, 0.1) is 18.8 Å². The van der Waals surface area contributed by atoms with Crippen LogP contribution in [0.2, 0.25) is 0 Å². The maximum absolute atomic E-state index is 12.7. The maximum atomic E-state index is 12.7. The smallest absolute Gasteiger partial charge is 0.223 e. The van der Waals surface area contributed by atoms with E-state index in [4.69, 9.17) is 4.74 Å². The van der Waals surface area contributed by atoms with Gasteiger partial charge in [-0.1, -0.05) is 49.6 Å². The summed E-state index contributed by atoms with van der Waals surface area (Å²) in [6.45, 7) is 8.30. The molecule has 1 amide bonds. The highest BCUT2D eigenvalue weighted by molar-refractivity contribution is 5.78. The number of nitrogens with zero attached hydrogens (tertiary/aromatic N) is 1. The minimum absolute atomic E-state index is 0.130. The number of hydrogen-bond acceptors (Lipinski definition) is 3. The highest BCUT2D eigenvalue weighted by Gasteiger charge is 2.28. The number of benzene rings is 1. The summed E-state index contributed by atoms with van der Waals surface area (Å²) in [5.74, 6) is 0.920. The zero-order chi connectivity index (χ0) is 17.6. The molecule has 2 aliphatic rings.